The van der Waals surface area contributed by atoms with E-state index < -0.39 is 9.84 Å². The molecule has 0 unspecified atom stereocenters. The summed E-state index contributed by atoms with van der Waals surface area (Å²) < 4.78 is 23.1. The van der Waals surface area contributed by atoms with E-state index in [-0.39, 0.29) is 11.0 Å². The molecule has 1 N–H and O–H groups in total. The van der Waals surface area contributed by atoms with E-state index in [1.54, 1.807) is 13.8 Å². The Morgan fingerprint density at radius 2 is 1.82 bits per heavy atom. The molecule has 0 saturated heterocycles. The predicted molar refractivity (Wildman–Crippen MR) is 72.1 cm³/mol. The lowest BCUT2D eigenvalue weighted by molar-refractivity contribution is 0.582. The quantitative estimate of drug-likeness (QED) is 0.810. The van der Waals surface area contributed by atoms with Gasteiger partial charge in [-0.1, -0.05) is 23.7 Å². The van der Waals surface area contributed by atoms with Gasteiger partial charge in [0.05, 0.1) is 11.0 Å². The highest BCUT2D eigenvalue weighted by Crippen LogP contribution is 2.09. The molecule has 3 nitrogen and oxygen atoms in total. The lowest BCUT2D eigenvalue weighted by Gasteiger charge is -2.08. The van der Waals surface area contributed by atoms with Crippen LogP contribution < -0.4 is 5.32 Å². The SMILES string of the molecule is CC(C)S(=O)(=O)CCNCc1ccc(Cl)cc1. The Morgan fingerprint density at radius 3 is 2.35 bits per heavy atom. The van der Waals surface area contributed by atoms with Gasteiger partial charge in [-0.25, -0.2) is 8.42 Å². The molecular formula is C12H18ClNO2S. The first-order chi connectivity index (χ1) is 7.92. The molecule has 0 atom stereocenters. The fourth-order valence-corrected chi connectivity index (χ4v) is 2.31. The van der Waals surface area contributed by atoms with Gasteiger partial charge in [0.2, 0.25) is 0 Å². The second-order valence-electron chi connectivity index (χ2n) is 4.22. The van der Waals surface area contributed by atoms with Crippen LogP contribution in [0.2, 0.25) is 5.02 Å². The van der Waals surface area contributed by atoms with Gasteiger partial charge in [0.15, 0.2) is 9.84 Å². The van der Waals surface area contributed by atoms with Gasteiger partial charge < -0.3 is 5.32 Å². The number of rotatable bonds is 6. The van der Waals surface area contributed by atoms with Crippen LogP contribution >= 0.6 is 11.6 Å². The zero-order valence-electron chi connectivity index (χ0n) is 10.1. The first kappa shape index (κ1) is 14.5. The van der Waals surface area contributed by atoms with Crippen LogP contribution in [-0.2, 0) is 16.4 Å². The monoisotopic (exact) mass is 275 g/mol. The Bertz CT molecular complexity index is 440. The molecule has 0 aliphatic rings. The summed E-state index contributed by atoms with van der Waals surface area (Å²) in [6.07, 6.45) is 0. The minimum Gasteiger partial charge on any atom is -0.312 e. The summed E-state index contributed by atoms with van der Waals surface area (Å²) in [5, 5.41) is 3.51. The molecular weight excluding hydrogens is 258 g/mol. The molecule has 0 bridgehead atoms. The third-order valence-corrected chi connectivity index (χ3v) is 4.99. The van der Waals surface area contributed by atoms with Gasteiger partial charge in [-0.15, -0.1) is 0 Å². The van der Waals surface area contributed by atoms with Crippen molar-refractivity contribution in [3.63, 3.8) is 0 Å². The van der Waals surface area contributed by atoms with Gasteiger partial charge in [-0.05, 0) is 31.5 Å². The van der Waals surface area contributed by atoms with Crippen LogP contribution in [0.25, 0.3) is 0 Å². The van der Waals surface area contributed by atoms with Crippen LogP contribution in [0.4, 0.5) is 0 Å². The number of benzene rings is 1. The summed E-state index contributed by atoms with van der Waals surface area (Å²) in [5.41, 5.74) is 1.09. The van der Waals surface area contributed by atoms with Crippen LogP contribution in [-0.4, -0.2) is 26.0 Å². The van der Waals surface area contributed by atoms with Crippen molar-refractivity contribution in [2.24, 2.45) is 0 Å². The van der Waals surface area contributed by atoms with Crippen molar-refractivity contribution < 1.29 is 8.42 Å². The molecule has 0 fully saturated rings. The third kappa shape index (κ3) is 5.06. The molecule has 17 heavy (non-hydrogen) atoms. The molecule has 0 amide bonds. The van der Waals surface area contributed by atoms with Crippen molar-refractivity contribution in [2.75, 3.05) is 12.3 Å². The van der Waals surface area contributed by atoms with Crippen LogP contribution in [0, 0.1) is 0 Å². The van der Waals surface area contributed by atoms with E-state index in [4.69, 9.17) is 11.6 Å². The van der Waals surface area contributed by atoms with Crippen molar-refractivity contribution in [1.82, 2.24) is 5.32 Å². The van der Waals surface area contributed by atoms with Crippen molar-refractivity contribution >= 4 is 21.4 Å². The normalized spacial score (nSPS) is 12.0. The van der Waals surface area contributed by atoms with Gasteiger partial charge in [-0.2, -0.15) is 0 Å². The average molecular weight is 276 g/mol. The summed E-state index contributed by atoms with van der Waals surface area (Å²) in [6.45, 7) is 4.54. The van der Waals surface area contributed by atoms with Crippen LogP contribution in [0.3, 0.4) is 0 Å². The molecule has 0 saturated carbocycles. The summed E-state index contributed by atoms with van der Waals surface area (Å²) in [5.74, 6) is 0.179. The van der Waals surface area contributed by atoms with Crippen molar-refractivity contribution in [3.8, 4) is 0 Å². The van der Waals surface area contributed by atoms with Gasteiger partial charge in [0.1, 0.15) is 0 Å². The summed E-state index contributed by atoms with van der Waals surface area (Å²) in [6, 6.07) is 7.49. The zero-order chi connectivity index (χ0) is 12.9. The van der Waals surface area contributed by atoms with Gasteiger partial charge >= 0.3 is 0 Å². The van der Waals surface area contributed by atoms with Crippen molar-refractivity contribution in [1.29, 1.82) is 0 Å². The molecule has 0 aliphatic carbocycles. The van der Waals surface area contributed by atoms with Crippen LogP contribution in [0.5, 0.6) is 0 Å². The fourth-order valence-electron chi connectivity index (χ4n) is 1.29. The topological polar surface area (TPSA) is 46.2 Å². The highest BCUT2D eigenvalue weighted by atomic mass is 35.5. The smallest absolute Gasteiger partial charge is 0.153 e. The zero-order valence-corrected chi connectivity index (χ0v) is 11.7. The highest BCUT2D eigenvalue weighted by molar-refractivity contribution is 7.92. The van der Waals surface area contributed by atoms with E-state index in [0.717, 1.165) is 5.56 Å². The molecule has 0 radical (unpaired) electrons. The first-order valence-electron chi connectivity index (χ1n) is 5.58. The Hall–Kier alpha value is -0.580. The summed E-state index contributed by atoms with van der Waals surface area (Å²) in [7, 11) is -2.94. The van der Waals surface area contributed by atoms with Gasteiger partial charge in [-0.3, -0.25) is 0 Å². The van der Waals surface area contributed by atoms with Gasteiger partial charge in [0, 0.05) is 18.1 Å². The highest BCUT2D eigenvalue weighted by Gasteiger charge is 2.14. The van der Waals surface area contributed by atoms with E-state index >= 15 is 0 Å². The van der Waals surface area contributed by atoms with E-state index in [2.05, 4.69) is 5.32 Å². The fraction of sp³-hybridized carbons (Fsp3) is 0.500. The average Bonchev–Trinajstić information content (AvgIpc) is 2.26. The summed E-state index contributed by atoms with van der Waals surface area (Å²) in [4.78, 5) is 0. The Labute approximate surface area is 108 Å². The molecule has 1 aromatic carbocycles. The maximum atomic E-state index is 11.5. The standard InChI is InChI=1S/C12H18ClNO2S/c1-10(2)17(15,16)8-7-14-9-11-3-5-12(13)6-4-11/h3-6,10,14H,7-9H2,1-2H3. The lowest BCUT2D eigenvalue weighted by atomic mass is 10.2. The minimum absolute atomic E-state index is 0.179. The van der Waals surface area contributed by atoms with Crippen LogP contribution in [0.15, 0.2) is 24.3 Å². The molecule has 0 aliphatic heterocycles. The lowest BCUT2D eigenvalue weighted by Crippen LogP contribution is -2.26. The van der Waals surface area contributed by atoms with E-state index in [9.17, 15) is 8.42 Å². The third-order valence-electron chi connectivity index (χ3n) is 2.52. The second kappa shape index (κ2) is 6.38. The molecule has 1 aromatic rings. The van der Waals surface area contributed by atoms with Crippen LogP contribution in [0.1, 0.15) is 19.4 Å². The number of hydrogen-bond acceptors (Lipinski definition) is 3. The molecule has 0 aromatic heterocycles. The maximum Gasteiger partial charge on any atom is 0.153 e. The molecule has 5 heteroatoms. The minimum atomic E-state index is -2.94. The Kier molecular flexibility index (Phi) is 5.43. The van der Waals surface area contributed by atoms with E-state index in [1.807, 2.05) is 24.3 Å². The predicted octanol–water partition coefficient (Wildman–Crippen LogP) is 2.25. The number of hydrogen-bond donors (Lipinski definition) is 1. The maximum absolute atomic E-state index is 11.5. The van der Waals surface area contributed by atoms with Crippen molar-refractivity contribution in [2.45, 2.75) is 25.6 Å². The van der Waals surface area contributed by atoms with Gasteiger partial charge in [0.25, 0.3) is 0 Å². The molecule has 1 rings (SSSR count). The Morgan fingerprint density at radius 1 is 1.24 bits per heavy atom. The van der Waals surface area contributed by atoms with Crippen molar-refractivity contribution in [3.05, 3.63) is 34.9 Å². The number of nitrogens with one attached hydrogen (secondary N) is 1. The Balaban J connectivity index is 2.32. The van der Waals surface area contributed by atoms with E-state index in [0.29, 0.717) is 18.1 Å². The van der Waals surface area contributed by atoms with E-state index in [1.165, 1.54) is 0 Å². The molecule has 0 heterocycles. The number of halogens is 1. The number of sulfone groups is 1. The largest absolute Gasteiger partial charge is 0.312 e. The second-order valence-corrected chi connectivity index (χ2v) is 7.33. The molecule has 96 valence electrons. The molecule has 0 spiro atoms. The first-order valence-corrected chi connectivity index (χ1v) is 7.68. The summed E-state index contributed by atoms with van der Waals surface area (Å²) >= 11 is 5.77.